The molecule has 2 aromatic rings. The van der Waals surface area contributed by atoms with Crippen molar-refractivity contribution in [1.82, 2.24) is 0 Å². The fourth-order valence-electron chi connectivity index (χ4n) is 3.20. The van der Waals surface area contributed by atoms with Crippen LogP contribution in [0, 0.1) is 0 Å². The van der Waals surface area contributed by atoms with E-state index in [1.807, 2.05) is 0 Å². The second-order valence-corrected chi connectivity index (χ2v) is 11.6. The molecular formula is C14H8O14S4. The van der Waals surface area contributed by atoms with Gasteiger partial charge in [-0.1, -0.05) is 24.3 Å². The molecular weight excluding hydrogens is 520 g/mol. The van der Waals surface area contributed by atoms with Gasteiger partial charge in [-0.2, -0.15) is 33.7 Å². The molecule has 0 spiro atoms. The number of hydrogen-bond acceptors (Lipinski definition) is 10. The van der Waals surface area contributed by atoms with Crippen molar-refractivity contribution in [3.8, 4) is 0 Å². The van der Waals surface area contributed by atoms with Crippen molar-refractivity contribution in [1.29, 1.82) is 0 Å². The highest BCUT2D eigenvalue weighted by molar-refractivity contribution is 7.91. The lowest BCUT2D eigenvalue weighted by Crippen LogP contribution is -2.30. The third-order valence-electron chi connectivity index (χ3n) is 4.23. The Morgan fingerprint density at radius 3 is 0.938 bits per heavy atom. The monoisotopic (exact) mass is 528 g/mol. The van der Waals surface area contributed by atoms with Crippen molar-refractivity contribution < 1.29 is 61.5 Å². The second kappa shape index (κ2) is 6.96. The van der Waals surface area contributed by atoms with Crippen molar-refractivity contribution in [3.05, 3.63) is 46.5 Å². The Bertz CT molecular complexity index is 1550. The first kappa shape index (κ1) is 24.1. The summed E-state index contributed by atoms with van der Waals surface area (Å²) in [5.41, 5.74) is -4.55. The standard InChI is InChI=1S/C14H8O14S4/c15-9-5-3-1-2-4-6(5)10(16)8-7(9)11(29(17,18)19)13(31(23,24)25)14(32(26,27)28)12(8)30(20,21)22/h1-4H,(H,17,18,19)(H,20,21,22)(H,23,24,25)(H,26,27,28). The average molecular weight is 528 g/mol. The summed E-state index contributed by atoms with van der Waals surface area (Å²) in [6, 6.07) is 4.20. The Kier molecular flexibility index (Phi) is 5.23. The minimum atomic E-state index is -6.18. The van der Waals surface area contributed by atoms with E-state index in [-0.39, 0.29) is 0 Å². The molecule has 0 saturated carbocycles. The summed E-state index contributed by atoms with van der Waals surface area (Å²) in [6.07, 6.45) is 0. The zero-order valence-electron chi connectivity index (χ0n) is 14.8. The molecule has 0 heterocycles. The highest BCUT2D eigenvalue weighted by Crippen LogP contribution is 2.43. The molecule has 3 rings (SSSR count). The molecule has 0 fully saturated rings. The van der Waals surface area contributed by atoms with Crippen LogP contribution in [0.3, 0.4) is 0 Å². The van der Waals surface area contributed by atoms with E-state index in [0.29, 0.717) is 0 Å². The molecule has 1 aliphatic carbocycles. The summed E-state index contributed by atoms with van der Waals surface area (Å²) >= 11 is 0. The molecule has 0 atom stereocenters. The van der Waals surface area contributed by atoms with Crippen LogP contribution < -0.4 is 0 Å². The molecule has 2 aromatic carbocycles. The minimum absolute atomic E-state index is 0.614. The summed E-state index contributed by atoms with van der Waals surface area (Å²) in [5.74, 6) is -3.17. The molecule has 0 bridgehead atoms. The lowest BCUT2D eigenvalue weighted by molar-refractivity contribution is 0.0972. The van der Waals surface area contributed by atoms with Crippen LogP contribution in [0.2, 0.25) is 0 Å². The van der Waals surface area contributed by atoms with Crippen LogP contribution in [-0.4, -0.2) is 63.4 Å². The number of fused-ring (bicyclic) bond motifs is 2. The molecule has 0 aliphatic heterocycles. The predicted molar refractivity (Wildman–Crippen MR) is 99.0 cm³/mol. The van der Waals surface area contributed by atoms with Crippen molar-refractivity contribution in [3.63, 3.8) is 0 Å². The maximum absolute atomic E-state index is 12.9. The summed E-state index contributed by atoms with van der Waals surface area (Å²) in [6.45, 7) is 0. The predicted octanol–water partition coefficient (Wildman–Crippen LogP) is -0.551. The minimum Gasteiger partial charge on any atom is -0.289 e. The van der Waals surface area contributed by atoms with Gasteiger partial charge >= 0.3 is 0 Å². The van der Waals surface area contributed by atoms with E-state index >= 15 is 0 Å². The first-order valence-corrected chi connectivity index (χ1v) is 13.4. The van der Waals surface area contributed by atoms with Gasteiger partial charge in [0.05, 0.1) is 11.1 Å². The van der Waals surface area contributed by atoms with Gasteiger partial charge in [-0.15, -0.1) is 0 Å². The summed E-state index contributed by atoms with van der Waals surface area (Å²) < 4.78 is 134. The normalized spacial score (nSPS) is 14.8. The number of benzene rings is 2. The van der Waals surface area contributed by atoms with E-state index in [1.165, 1.54) is 12.1 Å². The van der Waals surface area contributed by atoms with E-state index in [0.717, 1.165) is 12.1 Å². The number of rotatable bonds is 4. The lowest BCUT2D eigenvalue weighted by atomic mass is 9.84. The molecule has 0 amide bonds. The van der Waals surface area contributed by atoms with Crippen LogP contribution in [-0.2, 0) is 40.5 Å². The van der Waals surface area contributed by atoms with Crippen LogP contribution in [0.25, 0.3) is 0 Å². The van der Waals surface area contributed by atoms with E-state index < -0.39 is 93.9 Å². The van der Waals surface area contributed by atoms with Crippen molar-refractivity contribution >= 4 is 52.0 Å². The topological polar surface area (TPSA) is 252 Å². The summed E-state index contributed by atoms with van der Waals surface area (Å²) in [5, 5.41) is 0. The maximum atomic E-state index is 12.9. The van der Waals surface area contributed by atoms with Gasteiger partial charge in [0.2, 0.25) is 0 Å². The Balaban J connectivity index is 2.92. The molecule has 18 heteroatoms. The molecule has 0 radical (unpaired) electrons. The molecule has 4 N–H and O–H groups in total. The fourth-order valence-corrected chi connectivity index (χ4v) is 8.15. The van der Waals surface area contributed by atoms with Gasteiger partial charge in [-0.05, 0) is 0 Å². The van der Waals surface area contributed by atoms with Crippen molar-refractivity contribution in [2.75, 3.05) is 0 Å². The Labute approximate surface area is 179 Å². The number of carbonyl (C=O) groups excluding carboxylic acids is 2. The van der Waals surface area contributed by atoms with Gasteiger partial charge in [-0.25, -0.2) is 0 Å². The van der Waals surface area contributed by atoms with E-state index in [2.05, 4.69) is 0 Å². The first-order valence-electron chi connectivity index (χ1n) is 7.62. The Hall–Kier alpha value is -2.58. The summed E-state index contributed by atoms with van der Waals surface area (Å²) in [4.78, 5) is 16.6. The Morgan fingerprint density at radius 1 is 0.469 bits per heavy atom. The average Bonchev–Trinajstić information content (AvgIpc) is 2.60. The van der Waals surface area contributed by atoms with Crippen LogP contribution in [0.5, 0.6) is 0 Å². The second-order valence-electron chi connectivity index (χ2n) is 6.17. The Morgan fingerprint density at radius 2 is 0.719 bits per heavy atom. The third-order valence-corrected chi connectivity index (χ3v) is 8.31. The van der Waals surface area contributed by atoms with Gasteiger partial charge < -0.3 is 0 Å². The SMILES string of the molecule is O=C1c2ccccc2C(=O)c2c1c(S(=O)(=O)O)c(S(=O)(=O)O)c(S(=O)(=O)O)c2S(=O)(=O)O. The van der Waals surface area contributed by atoms with Gasteiger partial charge in [0.1, 0.15) is 19.6 Å². The number of carbonyl (C=O) groups is 2. The van der Waals surface area contributed by atoms with E-state index in [4.69, 9.17) is 0 Å². The van der Waals surface area contributed by atoms with Crippen molar-refractivity contribution in [2.24, 2.45) is 0 Å². The third kappa shape index (κ3) is 3.65. The number of ketones is 2. The van der Waals surface area contributed by atoms with Crippen LogP contribution >= 0.6 is 0 Å². The van der Waals surface area contributed by atoms with Gasteiger partial charge in [0.15, 0.2) is 11.6 Å². The van der Waals surface area contributed by atoms with E-state index in [9.17, 15) is 61.5 Å². The maximum Gasteiger partial charge on any atom is 0.297 e. The molecule has 172 valence electrons. The molecule has 14 nitrogen and oxygen atoms in total. The lowest BCUT2D eigenvalue weighted by Gasteiger charge is -2.24. The molecule has 1 aliphatic rings. The largest absolute Gasteiger partial charge is 0.297 e. The fraction of sp³-hybridized carbons (Fsp3) is 0. The smallest absolute Gasteiger partial charge is 0.289 e. The molecule has 0 aromatic heterocycles. The van der Waals surface area contributed by atoms with Crippen LogP contribution in [0.15, 0.2) is 43.8 Å². The van der Waals surface area contributed by atoms with Gasteiger partial charge in [-0.3, -0.25) is 27.8 Å². The van der Waals surface area contributed by atoms with Gasteiger partial charge in [0, 0.05) is 11.1 Å². The molecule has 0 saturated heterocycles. The zero-order valence-corrected chi connectivity index (χ0v) is 18.1. The van der Waals surface area contributed by atoms with Crippen molar-refractivity contribution in [2.45, 2.75) is 19.6 Å². The van der Waals surface area contributed by atoms with E-state index in [1.54, 1.807) is 0 Å². The van der Waals surface area contributed by atoms with Crippen LogP contribution in [0.4, 0.5) is 0 Å². The van der Waals surface area contributed by atoms with Crippen LogP contribution in [0.1, 0.15) is 31.8 Å². The number of hydrogen-bond donors (Lipinski definition) is 4. The first-order chi connectivity index (χ1) is 14.3. The summed E-state index contributed by atoms with van der Waals surface area (Å²) in [7, 11) is -24.4. The quantitative estimate of drug-likeness (QED) is 0.310. The zero-order chi connectivity index (χ0) is 24.6. The molecule has 32 heavy (non-hydrogen) atoms. The molecule has 0 unspecified atom stereocenters. The van der Waals surface area contributed by atoms with Gasteiger partial charge in [0.25, 0.3) is 40.5 Å². The highest BCUT2D eigenvalue weighted by Gasteiger charge is 2.48. The highest BCUT2D eigenvalue weighted by atomic mass is 32.2.